The number of hydrogen-bond donors (Lipinski definition) is 1. The van der Waals surface area contributed by atoms with Crippen LogP contribution in [0.2, 0.25) is 0 Å². The molecule has 2 atom stereocenters. The third-order valence-corrected chi connectivity index (χ3v) is 5.32. The van der Waals surface area contributed by atoms with Gasteiger partial charge in [0.25, 0.3) is 0 Å². The van der Waals surface area contributed by atoms with Crippen molar-refractivity contribution in [1.82, 2.24) is 10.2 Å². The van der Waals surface area contributed by atoms with Crippen LogP contribution in [0, 0.1) is 5.92 Å². The Morgan fingerprint density at radius 3 is 2.43 bits per heavy atom. The van der Waals surface area contributed by atoms with E-state index in [2.05, 4.69) is 51.4 Å². The standard InChI is InChI=1S/C17H26N2OS/c1-12(2)14-16(20)19(11-17(3,4)21-5)15(18-14)13-9-7-6-8-10-13/h6-10,12,14-15,18H,11H2,1-5H3. The monoisotopic (exact) mass is 306 g/mol. The van der Waals surface area contributed by atoms with Crippen LogP contribution in [0.4, 0.5) is 0 Å². The Kier molecular flexibility index (Phi) is 4.99. The third-order valence-electron chi connectivity index (χ3n) is 4.08. The normalized spacial score (nSPS) is 23.1. The molecule has 1 aliphatic heterocycles. The first-order valence-electron chi connectivity index (χ1n) is 7.52. The van der Waals surface area contributed by atoms with Gasteiger partial charge in [-0.15, -0.1) is 0 Å². The van der Waals surface area contributed by atoms with Gasteiger partial charge >= 0.3 is 0 Å². The molecule has 0 bridgehead atoms. The summed E-state index contributed by atoms with van der Waals surface area (Å²) in [7, 11) is 0. The summed E-state index contributed by atoms with van der Waals surface area (Å²) in [5, 5.41) is 3.52. The van der Waals surface area contributed by atoms with Crippen molar-refractivity contribution < 1.29 is 4.79 Å². The van der Waals surface area contributed by atoms with Gasteiger partial charge in [0.15, 0.2) is 0 Å². The van der Waals surface area contributed by atoms with E-state index in [1.54, 1.807) is 11.8 Å². The van der Waals surface area contributed by atoms with Crippen LogP contribution >= 0.6 is 11.8 Å². The lowest BCUT2D eigenvalue weighted by molar-refractivity contribution is -0.131. The van der Waals surface area contributed by atoms with Crippen LogP contribution in [0.5, 0.6) is 0 Å². The van der Waals surface area contributed by atoms with Gasteiger partial charge in [0, 0.05) is 11.3 Å². The van der Waals surface area contributed by atoms with Crippen LogP contribution in [0.25, 0.3) is 0 Å². The van der Waals surface area contributed by atoms with Gasteiger partial charge in [0.2, 0.25) is 5.91 Å². The summed E-state index contributed by atoms with van der Waals surface area (Å²) in [6, 6.07) is 10.2. The quantitative estimate of drug-likeness (QED) is 0.906. The molecule has 1 aromatic carbocycles. The average molecular weight is 306 g/mol. The van der Waals surface area contributed by atoms with Gasteiger partial charge in [-0.05, 0) is 31.6 Å². The van der Waals surface area contributed by atoms with E-state index >= 15 is 0 Å². The average Bonchev–Trinajstić information content (AvgIpc) is 2.77. The molecule has 2 rings (SSSR count). The van der Waals surface area contributed by atoms with Crippen LogP contribution in [-0.4, -0.2) is 34.4 Å². The molecule has 1 saturated heterocycles. The minimum Gasteiger partial charge on any atom is -0.320 e. The number of carbonyl (C=O) groups excluding carboxylic acids is 1. The van der Waals surface area contributed by atoms with E-state index in [-0.39, 0.29) is 22.9 Å². The van der Waals surface area contributed by atoms with E-state index in [0.29, 0.717) is 5.92 Å². The van der Waals surface area contributed by atoms with Gasteiger partial charge in [-0.25, -0.2) is 0 Å². The van der Waals surface area contributed by atoms with Crippen molar-refractivity contribution in [2.75, 3.05) is 12.8 Å². The van der Waals surface area contributed by atoms with E-state index in [4.69, 9.17) is 0 Å². The van der Waals surface area contributed by atoms with Crippen molar-refractivity contribution in [3.8, 4) is 0 Å². The van der Waals surface area contributed by atoms with Gasteiger partial charge in [0.1, 0.15) is 6.17 Å². The van der Waals surface area contributed by atoms with E-state index in [9.17, 15) is 4.79 Å². The lowest BCUT2D eigenvalue weighted by Gasteiger charge is -2.32. The number of hydrogen-bond acceptors (Lipinski definition) is 3. The number of nitrogens with zero attached hydrogens (tertiary/aromatic N) is 1. The summed E-state index contributed by atoms with van der Waals surface area (Å²) < 4.78 is 0.0518. The predicted molar refractivity (Wildman–Crippen MR) is 90.3 cm³/mol. The molecule has 1 amide bonds. The van der Waals surface area contributed by atoms with Crippen molar-refractivity contribution in [3.63, 3.8) is 0 Å². The summed E-state index contributed by atoms with van der Waals surface area (Å²) in [6.07, 6.45) is 2.09. The molecule has 1 aliphatic rings. The summed E-state index contributed by atoms with van der Waals surface area (Å²) in [5.41, 5.74) is 1.16. The van der Waals surface area contributed by atoms with E-state index in [1.807, 2.05) is 23.1 Å². The van der Waals surface area contributed by atoms with E-state index < -0.39 is 0 Å². The summed E-state index contributed by atoms with van der Waals surface area (Å²) in [4.78, 5) is 14.8. The Bertz CT molecular complexity index is 487. The number of benzene rings is 1. The molecule has 0 aromatic heterocycles. The van der Waals surface area contributed by atoms with Crippen molar-refractivity contribution in [2.24, 2.45) is 5.92 Å². The maximum atomic E-state index is 12.8. The molecule has 3 nitrogen and oxygen atoms in total. The fourth-order valence-corrected chi connectivity index (χ4v) is 2.94. The van der Waals surface area contributed by atoms with E-state index in [1.165, 1.54) is 0 Å². The minimum absolute atomic E-state index is 0.0162. The molecule has 21 heavy (non-hydrogen) atoms. The van der Waals surface area contributed by atoms with Crippen molar-refractivity contribution in [2.45, 2.75) is 44.6 Å². The zero-order valence-electron chi connectivity index (χ0n) is 13.6. The summed E-state index contributed by atoms with van der Waals surface area (Å²) in [5.74, 6) is 0.520. The molecular formula is C17H26N2OS. The topological polar surface area (TPSA) is 32.3 Å². The Balaban J connectivity index is 2.30. The highest BCUT2D eigenvalue weighted by molar-refractivity contribution is 7.99. The van der Waals surface area contributed by atoms with Gasteiger partial charge in [-0.2, -0.15) is 11.8 Å². The number of carbonyl (C=O) groups is 1. The van der Waals surface area contributed by atoms with Crippen LogP contribution in [0.15, 0.2) is 30.3 Å². The van der Waals surface area contributed by atoms with E-state index in [0.717, 1.165) is 12.1 Å². The molecule has 0 aliphatic carbocycles. The highest BCUT2D eigenvalue weighted by Crippen LogP contribution is 2.32. The van der Waals surface area contributed by atoms with Crippen molar-refractivity contribution >= 4 is 17.7 Å². The molecular weight excluding hydrogens is 280 g/mol. The number of rotatable bonds is 5. The fraction of sp³-hybridized carbons (Fsp3) is 0.588. The zero-order chi connectivity index (χ0) is 15.6. The van der Waals surface area contributed by atoms with Crippen molar-refractivity contribution in [3.05, 3.63) is 35.9 Å². The molecule has 116 valence electrons. The first kappa shape index (κ1) is 16.4. The maximum Gasteiger partial charge on any atom is 0.241 e. The predicted octanol–water partition coefficient (Wildman–Crippen LogP) is 3.28. The minimum atomic E-state index is -0.0899. The van der Waals surface area contributed by atoms with Crippen molar-refractivity contribution in [1.29, 1.82) is 0 Å². The molecule has 0 saturated carbocycles. The number of amides is 1. The molecule has 0 radical (unpaired) electrons. The van der Waals surface area contributed by atoms with Gasteiger partial charge < -0.3 is 4.90 Å². The second kappa shape index (κ2) is 6.41. The molecule has 1 fully saturated rings. The summed E-state index contributed by atoms with van der Waals surface area (Å²) in [6.45, 7) is 9.33. The lowest BCUT2D eigenvalue weighted by Crippen LogP contribution is -2.41. The maximum absolute atomic E-state index is 12.8. The SMILES string of the molecule is CSC(C)(C)CN1C(=O)C(C(C)C)NC1c1ccccc1. The van der Waals surface area contributed by atoms with Crippen LogP contribution in [0.1, 0.15) is 39.4 Å². The highest BCUT2D eigenvalue weighted by atomic mass is 32.2. The molecule has 0 spiro atoms. The first-order valence-corrected chi connectivity index (χ1v) is 8.75. The van der Waals surface area contributed by atoms with Crippen LogP contribution in [-0.2, 0) is 4.79 Å². The van der Waals surface area contributed by atoms with Crippen LogP contribution < -0.4 is 5.32 Å². The Morgan fingerprint density at radius 1 is 1.29 bits per heavy atom. The molecule has 1 heterocycles. The fourth-order valence-electron chi connectivity index (χ4n) is 2.67. The van der Waals surface area contributed by atoms with Gasteiger partial charge in [0.05, 0.1) is 6.04 Å². The second-order valence-electron chi connectivity index (χ2n) is 6.63. The lowest BCUT2D eigenvalue weighted by atomic mass is 10.0. The Hall–Kier alpha value is -1.00. The molecule has 2 unspecified atom stereocenters. The molecule has 1 aromatic rings. The third kappa shape index (κ3) is 3.61. The van der Waals surface area contributed by atoms with Gasteiger partial charge in [-0.1, -0.05) is 44.2 Å². The highest BCUT2D eigenvalue weighted by Gasteiger charge is 2.42. The largest absolute Gasteiger partial charge is 0.320 e. The molecule has 4 heteroatoms. The number of nitrogens with one attached hydrogen (secondary N) is 1. The smallest absolute Gasteiger partial charge is 0.241 e. The molecule has 1 N–H and O–H groups in total. The first-order chi connectivity index (χ1) is 9.85. The Labute approximate surface area is 132 Å². The van der Waals surface area contributed by atoms with Gasteiger partial charge in [-0.3, -0.25) is 10.1 Å². The Morgan fingerprint density at radius 2 is 1.90 bits per heavy atom. The second-order valence-corrected chi connectivity index (χ2v) is 8.14. The summed E-state index contributed by atoms with van der Waals surface area (Å²) >= 11 is 1.80. The van der Waals surface area contributed by atoms with Crippen LogP contribution in [0.3, 0.4) is 0 Å². The zero-order valence-corrected chi connectivity index (χ0v) is 14.4. The number of thioether (sulfide) groups is 1.